The molecule has 0 fully saturated rings. The van der Waals surface area contributed by atoms with Crippen molar-refractivity contribution in [2.45, 2.75) is 6.92 Å². The number of rotatable bonds is 3. The van der Waals surface area contributed by atoms with Crippen LogP contribution in [-0.2, 0) is 0 Å². The minimum Gasteiger partial charge on any atom is -0.298 e. The number of amides is 1. The fourth-order valence-corrected chi connectivity index (χ4v) is 2.84. The van der Waals surface area contributed by atoms with Gasteiger partial charge in [0.2, 0.25) is 5.95 Å². The lowest BCUT2D eigenvalue weighted by Crippen LogP contribution is -2.17. The Labute approximate surface area is 156 Å². The molecule has 4 aromatic rings. The molecule has 1 N–H and O–H groups in total. The van der Waals surface area contributed by atoms with Crippen LogP contribution < -0.4 is 5.32 Å². The van der Waals surface area contributed by atoms with Crippen LogP contribution >= 0.6 is 0 Å². The molecule has 3 aromatic heterocycles. The molecule has 9 heteroatoms. The second kappa shape index (κ2) is 6.76. The Balaban J connectivity index is 1.69. The van der Waals surface area contributed by atoms with Crippen LogP contribution in [0.5, 0.6) is 0 Å². The van der Waals surface area contributed by atoms with Crippen LogP contribution in [0, 0.1) is 24.4 Å². The molecule has 4 rings (SSSR count). The molecule has 140 valence electrons. The summed E-state index contributed by atoms with van der Waals surface area (Å²) in [6.45, 7) is 1.82. The van der Waals surface area contributed by atoms with E-state index in [9.17, 15) is 18.0 Å². The standard InChI is InChI=1S/C19H12F3N5O/c1-10-17(27-9-3-2-4-14(27)24-10)13-7-8-23-19(25-13)26-18(28)11-5-6-12(20)16(22)15(11)21/h2-9H,1H3,(H,23,25,26,28). The normalized spacial score (nSPS) is 11.0. The first-order chi connectivity index (χ1) is 13.5. The van der Waals surface area contributed by atoms with E-state index in [-0.39, 0.29) is 5.95 Å². The van der Waals surface area contributed by atoms with Crippen LogP contribution in [0.2, 0.25) is 0 Å². The van der Waals surface area contributed by atoms with Crippen molar-refractivity contribution in [1.82, 2.24) is 19.4 Å². The van der Waals surface area contributed by atoms with E-state index in [1.54, 1.807) is 6.07 Å². The summed E-state index contributed by atoms with van der Waals surface area (Å²) < 4.78 is 42.1. The van der Waals surface area contributed by atoms with E-state index in [4.69, 9.17) is 0 Å². The molecule has 3 heterocycles. The molecule has 1 aromatic carbocycles. The van der Waals surface area contributed by atoms with Crippen LogP contribution in [0.4, 0.5) is 19.1 Å². The molecule has 28 heavy (non-hydrogen) atoms. The van der Waals surface area contributed by atoms with Crippen molar-refractivity contribution in [1.29, 1.82) is 0 Å². The Bertz CT molecular complexity index is 1220. The van der Waals surface area contributed by atoms with Gasteiger partial charge in [0.15, 0.2) is 17.5 Å². The highest BCUT2D eigenvalue weighted by Gasteiger charge is 2.20. The highest BCUT2D eigenvalue weighted by Crippen LogP contribution is 2.24. The minimum atomic E-state index is -1.72. The number of fused-ring (bicyclic) bond motifs is 1. The highest BCUT2D eigenvalue weighted by molar-refractivity contribution is 6.03. The second-order valence-electron chi connectivity index (χ2n) is 5.92. The number of carbonyl (C=O) groups is 1. The van der Waals surface area contributed by atoms with Crippen molar-refractivity contribution in [3.63, 3.8) is 0 Å². The molecule has 0 spiro atoms. The molecule has 0 saturated carbocycles. The Hall–Kier alpha value is -3.75. The van der Waals surface area contributed by atoms with E-state index < -0.39 is 28.9 Å². The summed E-state index contributed by atoms with van der Waals surface area (Å²) in [5.41, 5.74) is 1.97. The first kappa shape index (κ1) is 17.7. The average molecular weight is 383 g/mol. The number of pyridine rings is 1. The van der Waals surface area contributed by atoms with Crippen molar-refractivity contribution in [2.75, 3.05) is 5.32 Å². The van der Waals surface area contributed by atoms with E-state index in [1.165, 1.54) is 6.20 Å². The zero-order chi connectivity index (χ0) is 19.8. The predicted molar refractivity (Wildman–Crippen MR) is 95.2 cm³/mol. The maximum absolute atomic E-state index is 13.8. The quantitative estimate of drug-likeness (QED) is 0.547. The van der Waals surface area contributed by atoms with Gasteiger partial charge in [0, 0.05) is 12.4 Å². The van der Waals surface area contributed by atoms with E-state index in [0.717, 1.165) is 11.7 Å². The summed E-state index contributed by atoms with van der Waals surface area (Å²) in [5, 5.41) is 2.30. The van der Waals surface area contributed by atoms with Gasteiger partial charge in [-0.25, -0.2) is 28.1 Å². The van der Waals surface area contributed by atoms with Crippen LogP contribution in [0.15, 0.2) is 48.8 Å². The summed E-state index contributed by atoms with van der Waals surface area (Å²) in [4.78, 5) is 24.9. The van der Waals surface area contributed by atoms with E-state index >= 15 is 0 Å². The summed E-state index contributed by atoms with van der Waals surface area (Å²) in [6, 6.07) is 8.69. The largest absolute Gasteiger partial charge is 0.298 e. The zero-order valence-corrected chi connectivity index (χ0v) is 14.4. The molecule has 0 aliphatic carbocycles. The zero-order valence-electron chi connectivity index (χ0n) is 14.4. The predicted octanol–water partition coefficient (Wildman–Crippen LogP) is 3.77. The number of hydrogen-bond acceptors (Lipinski definition) is 4. The van der Waals surface area contributed by atoms with Crippen molar-refractivity contribution < 1.29 is 18.0 Å². The third-order valence-electron chi connectivity index (χ3n) is 4.11. The van der Waals surface area contributed by atoms with Crippen LogP contribution in [0.3, 0.4) is 0 Å². The molecule has 0 atom stereocenters. The van der Waals surface area contributed by atoms with Crippen molar-refractivity contribution in [3.05, 3.63) is 77.5 Å². The first-order valence-corrected chi connectivity index (χ1v) is 8.17. The van der Waals surface area contributed by atoms with Gasteiger partial charge in [0.25, 0.3) is 5.91 Å². The fraction of sp³-hybridized carbons (Fsp3) is 0.0526. The molecule has 1 amide bonds. The van der Waals surface area contributed by atoms with Gasteiger partial charge in [-0.2, -0.15) is 0 Å². The molecular formula is C19H12F3N5O. The number of imidazole rings is 1. The molecular weight excluding hydrogens is 371 g/mol. The number of anilines is 1. The van der Waals surface area contributed by atoms with Gasteiger partial charge < -0.3 is 0 Å². The van der Waals surface area contributed by atoms with Crippen molar-refractivity contribution >= 4 is 17.5 Å². The third kappa shape index (κ3) is 2.96. The topological polar surface area (TPSA) is 72.2 Å². The molecule has 0 aliphatic heterocycles. The maximum Gasteiger partial charge on any atom is 0.261 e. The lowest BCUT2D eigenvalue weighted by Gasteiger charge is -2.07. The maximum atomic E-state index is 13.8. The van der Waals surface area contributed by atoms with Crippen LogP contribution in [0.1, 0.15) is 16.1 Å². The molecule has 0 bridgehead atoms. The molecule has 0 saturated heterocycles. The summed E-state index contributed by atoms with van der Waals surface area (Å²) >= 11 is 0. The highest BCUT2D eigenvalue weighted by atomic mass is 19.2. The van der Waals surface area contributed by atoms with Crippen molar-refractivity contribution in [2.24, 2.45) is 0 Å². The number of halogens is 3. The van der Waals surface area contributed by atoms with Gasteiger partial charge in [-0.3, -0.25) is 14.5 Å². The van der Waals surface area contributed by atoms with E-state index in [2.05, 4.69) is 20.3 Å². The summed E-state index contributed by atoms with van der Waals surface area (Å²) in [6.07, 6.45) is 3.24. The average Bonchev–Trinajstić information content (AvgIpc) is 3.02. The Morgan fingerprint density at radius 2 is 1.86 bits per heavy atom. The molecule has 0 aliphatic rings. The fourth-order valence-electron chi connectivity index (χ4n) is 2.84. The van der Waals surface area contributed by atoms with Gasteiger partial charge in [-0.1, -0.05) is 6.07 Å². The lowest BCUT2D eigenvalue weighted by atomic mass is 10.2. The van der Waals surface area contributed by atoms with E-state index in [0.29, 0.717) is 23.1 Å². The smallest absolute Gasteiger partial charge is 0.261 e. The lowest BCUT2D eigenvalue weighted by molar-refractivity contribution is 0.102. The van der Waals surface area contributed by atoms with Crippen LogP contribution in [0.25, 0.3) is 17.0 Å². The number of hydrogen-bond donors (Lipinski definition) is 1. The molecule has 0 radical (unpaired) electrons. The Morgan fingerprint density at radius 3 is 2.68 bits per heavy atom. The van der Waals surface area contributed by atoms with Crippen molar-refractivity contribution in [3.8, 4) is 11.4 Å². The van der Waals surface area contributed by atoms with Gasteiger partial charge >= 0.3 is 0 Å². The number of nitrogens with one attached hydrogen (secondary N) is 1. The van der Waals surface area contributed by atoms with Crippen LogP contribution in [-0.4, -0.2) is 25.3 Å². The number of aryl methyl sites for hydroxylation is 1. The second-order valence-corrected chi connectivity index (χ2v) is 5.92. The third-order valence-corrected chi connectivity index (χ3v) is 4.11. The van der Waals surface area contributed by atoms with Gasteiger partial charge in [-0.15, -0.1) is 0 Å². The van der Waals surface area contributed by atoms with Gasteiger partial charge in [0.05, 0.1) is 22.6 Å². The number of nitrogens with zero attached hydrogens (tertiary/aromatic N) is 4. The SMILES string of the molecule is Cc1nc2ccccn2c1-c1ccnc(NC(=O)c2ccc(F)c(F)c2F)n1. The Kier molecular flexibility index (Phi) is 4.26. The molecule has 0 unspecified atom stereocenters. The first-order valence-electron chi connectivity index (χ1n) is 8.17. The summed E-state index contributed by atoms with van der Waals surface area (Å²) in [5.74, 6) is -5.79. The monoisotopic (exact) mass is 383 g/mol. The Morgan fingerprint density at radius 1 is 1.04 bits per heavy atom. The van der Waals surface area contributed by atoms with Gasteiger partial charge in [0.1, 0.15) is 5.65 Å². The molecule has 6 nitrogen and oxygen atoms in total. The summed E-state index contributed by atoms with van der Waals surface area (Å²) in [7, 11) is 0. The number of benzene rings is 1. The van der Waals surface area contributed by atoms with Gasteiger partial charge in [-0.05, 0) is 37.3 Å². The number of aromatic nitrogens is 4. The number of carbonyl (C=O) groups excluding carboxylic acids is 1. The minimum absolute atomic E-state index is 0.114. The van der Waals surface area contributed by atoms with E-state index in [1.807, 2.05) is 35.7 Å².